The first-order chi connectivity index (χ1) is 22.5. The number of benzene rings is 3. The third-order valence-electron chi connectivity index (χ3n) is 8.03. The van der Waals surface area contributed by atoms with Crippen molar-refractivity contribution in [1.29, 1.82) is 0 Å². The predicted octanol–water partition coefficient (Wildman–Crippen LogP) is 4.21. The Kier molecular flexibility index (Phi) is 12.0. The molecule has 48 heavy (non-hydrogen) atoms. The number of hydrogen-bond acceptors (Lipinski definition) is 8. The number of phenols is 1. The first kappa shape index (κ1) is 37.0. The number of sulfonamides is 2. The summed E-state index contributed by atoms with van der Waals surface area (Å²) in [7, 11) is -7.41. The Balaban J connectivity index is 1.27. The maximum atomic E-state index is 14.2. The van der Waals surface area contributed by atoms with Gasteiger partial charge in [-0.25, -0.2) is 30.4 Å². The molecule has 2 amide bonds. The molecule has 1 atom stereocenters. The fourth-order valence-corrected chi connectivity index (χ4v) is 7.35. The topological polar surface area (TPSA) is 168 Å². The largest absolute Gasteiger partial charge is 0.506 e. The minimum Gasteiger partial charge on any atom is -0.506 e. The molecule has 1 saturated heterocycles. The van der Waals surface area contributed by atoms with Crippen molar-refractivity contribution in [3.63, 3.8) is 0 Å². The lowest BCUT2D eigenvalue weighted by Crippen LogP contribution is -2.41. The van der Waals surface area contributed by atoms with Gasteiger partial charge < -0.3 is 25.7 Å². The molecule has 12 nitrogen and oxygen atoms in total. The van der Waals surface area contributed by atoms with Crippen LogP contribution in [0.25, 0.3) is 0 Å². The van der Waals surface area contributed by atoms with Crippen LogP contribution in [0.15, 0.2) is 65.6 Å². The molecule has 1 aliphatic rings. The predicted molar refractivity (Wildman–Crippen MR) is 178 cm³/mol. The summed E-state index contributed by atoms with van der Waals surface area (Å²) in [5, 5.41) is 26.4. The lowest BCUT2D eigenvalue weighted by atomic mass is 9.98. The van der Waals surface area contributed by atoms with Gasteiger partial charge in [-0.2, -0.15) is 4.31 Å². The molecule has 0 saturated carbocycles. The number of nitrogens with one attached hydrogen (secondary N) is 3. The molecule has 1 aliphatic heterocycles. The van der Waals surface area contributed by atoms with E-state index in [2.05, 4.69) is 15.4 Å². The molecule has 0 unspecified atom stereocenters. The van der Waals surface area contributed by atoms with Gasteiger partial charge in [0.15, 0.2) is 0 Å². The summed E-state index contributed by atoms with van der Waals surface area (Å²) in [5.74, 6) is -1.57. The van der Waals surface area contributed by atoms with Crippen LogP contribution in [0.5, 0.6) is 5.75 Å². The number of carbonyl (C=O) groups is 1. The Bertz CT molecular complexity index is 1800. The summed E-state index contributed by atoms with van der Waals surface area (Å²) in [6, 6.07) is 12.3. The van der Waals surface area contributed by atoms with E-state index in [1.807, 2.05) is 0 Å². The third kappa shape index (κ3) is 9.85. The normalized spacial score (nSPS) is 15.3. The van der Waals surface area contributed by atoms with Crippen LogP contribution in [0.4, 0.5) is 25.0 Å². The number of nitrogens with zero attached hydrogens (tertiary/aromatic N) is 2. The van der Waals surface area contributed by atoms with Gasteiger partial charge in [-0.15, -0.1) is 0 Å². The van der Waals surface area contributed by atoms with Crippen LogP contribution in [0.2, 0.25) is 0 Å². The van der Waals surface area contributed by atoms with Gasteiger partial charge in [-0.3, -0.25) is 4.72 Å². The van der Waals surface area contributed by atoms with Crippen LogP contribution >= 0.6 is 0 Å². The van der Waals surface area contributed by atoms with Crippen LogP contribution in [0.1, 0.15) is 43.9 Å². The number of urea groups is 1. The van der Waals surface area contributed by atoms with Crippen LogP contribution in [0.3, 0.4) is 0 Å². The van der Waals surface area contributed by atoms with Crippen molar-refractivity contribution in [2.24, 2.45) is 5.92 Å². The highest BCUT2D eigenvalue weighted by Crippen LogP contribution is 2.28. The van der Waals surface area contributed by atoms with Crippen molar-refractivity contribution in [3.05, 3.63) is 83.4 Å². The molecular formula is C32H41F2N5O7S2. The summed E-state index contributed by atoms with van der Waals surface area (Å²) in [6.07, 6.45) is 1.18. The zero-order chi connectivity index (χ0) is 35.2. The van der Waals surface area contributed by atoms with Crippen LogP contribution in [-0.2, 0) is 26.6 Å². The van der Waals surface area contributed by atoms with Crippen molar-refractivity contribution < 1.29 is 40.6 Å². The Morgan fingerprint density at radius 1 is 1.00 bits per heavy atom. The number of anilines is 2. The van der Waals surface area contributed by atoms with Crippen LogP contribution < -0.4 is 15.4 Å². The smallest absolute Gasteiger partial charge is 0.322 e. The highest BCUT2D eigenvalue weighted by molar-refractivity contribution is 7.92. The maximum Gasteiger partial charge on any atom is 0.322 e. The second kappa shape index (κ2) is 15.6. The molecule has 3 aromatic carbocycles. The molecule has 1 fully saturated rings. The first-order valence-corrected chi connectivity index (χ1v) is 18.7. The number of hydrogen-bond donors (Lipinski definition) is 5. The molecule has 3 aromatic rings. The fraction of sp³-hybridized carbons (Fsp3) is 0.406. The summed E-state index contributed by atoms with van der Waals surface area (Å²) >= 11 is 0. The van der Waals surface area contributed by atoms with Crippen molar-refractivity contribution in [2.45, 2.75) is 50.3 Å². The highest BCUT2D eigenvalue weighted by atomic mass is 32.2. The SMILES string of the molecule is CC(C)N(Cc1ccc(F)cc1F)C(=O)Nc1ccc(S(=O)(=O)N2CCC(CNC[C@H](O)c3ccc(O)c(NS(C)(=O)=O)c3)CC2)cc1. The molecule has 262 valence electrons. The molecule has 0 aliphatic carbocycles. The van der Waals surface area contributed by atoms with E-state index >= 15 is 0 Å². The number of rotatable bonds is 13. The number of phenolic OH excluding ortho intramolecular Hbond substituents is 1. The lowest BCUT2D eigenvalue weighted by molar-refractivity contribution is 0.169. The Labute approximate surface area is 279 Å². The van der Waals surface area contributed by atoms with E-state index in [1.165, 1.54) is 57.7 Å². The Morgan fingerprint density at radius 3 is 2.27 bits per heavy atom. The quantitative estimate of drug-likeness (QED) is 0.165. The van der Waals surface area contributed by atoms with Gasteiger partial charge in [-0.1, -0.05) is 12.1 Å². The molecule has 0 aromatic heterocycles. The molecule has 16 heteroatoms. The van der Waals surface area contributed by atoms with E-state index in [1.54, 1.807) is 13.8 Å². The van der Waals surface area contributed by atoms with Gasteiger partial charge in [0.25, 0.3) is 0 Å². The maximum absolute atomic E-state index is 14.2. The molecule has 0 bridgehead atoms. The van der Waals surface area contributed by atoms with E-state index in [0.717, 1.165) is 18.4 Å². The van der Waals surface area contributed by atoms with E-state index in [4.69, 9.17) is 0 Å². The number of aliphatic hydroxyl groups excluding tert-OH is 1. The summed E-state index contributed by atoms with van der Waals surface area (Å²) in [5.41, 5.74) is 0.894. The van der Waals surface area contributed by atoms with Crippen molar-refractivity contribution >= 4 is 37.5 Å². The fourth-order valence-electron chi connectivity index (χ4n) is 5.32. The van der Waals surface area contributed by atoms with Gasteiger partial charge in [-0.05, 0) is 87.2 Å². The van der Waals surface area contributed by atoms with Crippen molar-refractivity contribution in [3.8, 4) is 5.75 Å². The molecule has 1 heterocycles. The minimum absolute atomic E-state index is 0.0314. The number of aliphatic hydroxyl groups is 1. The summed E-state index contributed by atoms with van der Waals surface area (Å²) in [6.45, 7) is 4.74. The minimum atomic E-state index is -3.79. The zero-order valence-corrected chi connectivity index (χ0v) is 28.5. The summed E-state index contributed by atoms with van der Waals surface area (Å²) < 4.78 is 80.9. The zero-order valence-electron chi connectivity index (χ0n) is 26.9. The number of aromatic hydroxyl groups is 1. The van der Waals surface area contributed by atoms with Gasteiger partial charge >= 0.3 is 6.03 Å². The van der Waals surface area contributed by atoms with E-state index in [9.17, 15) is 40.6 Å². The first-order valence-electron chi connectivity index (χ1n) is 15.3. The number of piperidine rings is 1. The second-order valence-electron chi connectivity index (χ2n) is 12.1. The third-order valence-corrected chi connectivity index (χ3v) is 10.5. The molecule has 0 radical (unpaired) electrons. The van der Waals surface area contributed by atoms with Crippen LogP contribution in [-0.4, -0.2) is 80.8 Å². The highest BCUT2D eigenvalue weighted by Gasteiger charge is 2.29. The number of amides is 2. The van der Waals surface area contributed by atoms with Gasteiger partial charge in [0.1, 0.15) is 17.4 Å². The molecular weight excluding hydrogens is 669 g/mol. The lowest BCUT2D eigenvalue weighted by Gasteiger charge is -2.31. The standard InChI is InChI=1S/C32H41F2N5O7S2/c1-21(2)39(20-24-4-6-25(33)17-28(24)34)32(42)36-26-7-9-27(10-8-26)48(45,46)38-14-12-22(13-15-38)18-35-19-31(41)23-5-11-30(40)29(16-23)37-47(3,43)44/h4-11,16-17,21-22,31,35,37,40-41H,12-15,18-20H2,1-3H3,(H,36,42)/t31-/m0/s1. The Morgan fingerprint density at radius 2 is 1.67 bits per heavy atom. The van der Waals surface area contributed by atoms with Crippen molar-refractivity contribution in [1.82, 2.24) is 14.5 Å². The average molecular weight is 710 g/mol. The van der Waals surface area contributed by atoms with Gasteiger partial charge in [0, 0.05) is 43.0 Å². The van der Waals surface area contributed by atoms with Crippen LogP contribution in [0, 0.1) is 17.6 Å². The molecule has 4 rings (SSSR count). The van der Waals surface area contributed by atoms with E-state index in [-0.39, 0.29) is 46.9 Å². The number of halogens is 2. The number of carbonyl (C=O) groups excluding carboxylic acids is 1. The second-order valence-corrected chi connectivity index (χ2v) is 15.8. The monoisotopic (exact) mass is 709 g/mol. The molecule has 5 N–H and O–H groups in total. The average Bonchev–Trinajstić information content (AvgIpc) is 3.01. The van der Waals surface area contributed by atoms with E-state index < -0.39 is 43.8 Å². The van der Waals surface area contributed by atoms with Gasteiger partial charge in [0.05, 0.1) is 29.5 Å². The summed E-state index contributed by atoms with van der Waals surface area (Å²) in [4.78, 5) is 14.4. The molecule has 0 spiro atoms. The van der Waals surface area contributed by atoms with E-state index in [0.29, 0.717) is 43.7 Å². The Hall–Kier alpha value is -3.83. The van der Waals surface area contributed by atoms with Gasteiger partial charge in [0.2, 0.25) is 20.0 Å². The van der Waals surface area contributed by atoms with Crippen molar-refractivity contribution in [2.75, 3.05) is 42.5 Å².